The number of hydrogen-bond acceptors (Lipinski definition) is 5. The average Bonchev–Trinajstić information content (AvgIpc) is 3.28. The van der Waals surface area contributed by atoms with Crippen LogP contribution in [-0.2, 0) is 0 Å². The van der Waals surface area contributed by atoms with Crippen LogP contribution in [0.2, 0.25) is 0 Å². The maximum atomic E-state index is 15.1. The Morgan fingerprint density at radius 1 is 1.03 bits per heavy atom. The molecule has 0 amide bonds. The van der Waals surface area contributed by atoms with Crippen LogP contribution in [0.15, 0.2) is 30.5 Å². The van der Waals surface area contributed by atoms with Gasteiger partial charge in [-0.1, -0.05) is 0 Å². The van der Waals surface area contributed by atoms with Gasteiger partial charge in [0.25, 0.3) is 0 Å². The van der Waals surface area contributed by atoms with E-state index in [1.807, 2.05) is 38.2 Å². The molecular weight excluding hydrogens is 379 g/mol. The lowest BCUT2D eigenvalue weighted by atomic mass is 9.89. The predicted octanol–water partition coefficient (Wildman–Crippen LogP) is 4.09. The first-order valence-corrected chi connectivity index (χ1v) is 10.6. The maximum Gasteiger partial charge on any atom is 0.156 e. The Kier molecular flexibility index (Phi) is 3.90. The van der Waals surface area contributed by atoms with Crippen LogP contribution in [0.25, 0.3) is 27.8 Å². The molecule has 3 aromatic heterocycles. The Bertz CT molecular complexity index is 1280. The number of aromatic nitrogens is 5. The summed E-state index contributed by atoms with van der Waals surface area (Å²) in [5, 5.41) is 17.7. The molecule has 5 heterocycles. The molecule has 4 aromatic rings. The number of nitrogens with zero attached hydrogens (tertiary/aromatic N) is 5. The number of hydrogen-bond donors (Lipinski definition) is 1. The second-order valence-corrected chi connectivity index (χ2v) is 8.83. The minimum absolute atomic E-state index is 0.281. The highest BCUT2D eigenvalue weighted by molar-refractivity contribution is 5.84. The Balaban J connectivity index is 1.41. The van der Waals surface area contributed by atoms with E-state index in [0.717, 1.165) is 35.4 Å². The smallest absolute Gasteiger partial charge is 0.156 e. The number of benzene rings is 1. The topological polar surface area (TPSA) is 68.0 Å². The second kappa shape index (κ2) is 6.54. The van der Waals surface area contributed by atoms with Crippen molar-refractivity contribution in [1.29, 1.82) is 0 Å². The summed E-state index contributed by atoms with van der Waals surface area (Å²) in [6.45, 7) is 3.92. The van der Waals surface area contributed by atoms with Crippen LogP contribution < -0.4 is 5.32 Å². The van der Waals surface area contributed by atoms with Crippen molar-refractivity contribution in [3.05, 3.63) is 53.2 Å². The summed E-state index contributed by atoms with van der Waals surface area (Å²) in [7, 11) is 0. The molecule has 0 radical (unpaired) electrons. The first kappa shape index (κ1) is 17.9. The van der Waals surface area contributed by atoms with Gasteiger partial charge in [0.15, 0.2) is 5.65 Å². The van der Waals surface area contributed by atoms with Gasteiger partial charge in [-0.2, -0.15) is 15.3 Å². The molecule has 3 atom stereocenters. The predicted molar refractivity (Wildman–Crippen MR) is 113 cm³/mol. The van der Waals surface area contributed by atoms with E-state index in [9.17, 15) is 0 Å². The lowest BCUT2D eigenvalue weighted by Gasteiger charge is -2.28. The summed E-state index contributed by atoms with van der Waals surface area (Å²) in [5.41, 5.74) is 5.58. The van der Waals surface area contributed by atoms with Gasteiger partial charge in [0.05, 0.1) is 28.8 Å². The molecule has 7 heteroatoms. The van der Waals surface area contributed by atoms with E-state index in [-0.39, 0.29) is 5.82 Å². The van der Waals surface area contributed by atoms with Crippen molar-refractivity contribution in [2.45, 2.75) is 57.5 Å². The zero-order valence-electron chi connectivity index (χ0n) is 17.1. The third-order valence-electron chi connectivity index (χ3n) is 6.59. The molecule has 152 valence electrons. The molecule has 1 N–H and O–H groups in total. The quantitative estimate of drug-likeness (QED) is 0.547. The van der Waals surface area contributed by atoms with Gasteiger partial charge in [0.2, 0.25) is 0 Å². The highest BCUT2D eigenvalue weighted by Crippen LogP contribution is 2.37. The van der Waals surface area contributed by atoms with Crippen LogP contribution in [0.5, 0.6) is 0 Å². The minimum Gasteiger partial charge on any atom is -0.311 e. The summed E-state index contributed by atoms with van der Waals surface area (Å²) in [4.78, 5) is 4.48. The molecule has 30 heavy (non-hydrogen) atoms. The minimum atomic E-state index is -0.281. The summed E-state index contributed by atoms with van der Waals surface area (Å²) in [6, 6.07) is 8.40. The average molecular weight is 402 g/mol. The standard InChI is InChI=1S/C23H23FN6/c1-12-5-21(29-30-11-13(2)25-23(12)30)15-8-19(24)18-10-20(27-28-22(18)9-15)14-6-16-3-4-17(7-14)26-16/h5,8-11,14,16-17,26H,3-4,6-7H2,1-2H3/t14?,16-,17+. The molecule has 6 rings (SSSR count). The molecule has 2 bridgehead atoms. The van der Waals surface area contributed by atoms with Crippen LogP contribution in [0, 0.1) is 19.7 Å². The van der Waals surface area contributed by atoms with E-state index in [4.69, 9.17) is 0 Å². The third kappa shape index (κ3) is 2.88. The first-order chi connectivity index (χ1) is 14.5. The summed E-state index contributed by atoms with van der Waals surface area (Å²) < 4.78 is 16.9. The van der Waals surface area contributed by atoms with E-state index in [0.29, 0.717) is 40.2 Å². The van der Waals surface area contributed by atoms with Crippen molar-refractivity contribution >= 4 is 16.6 Å². The summed E-state index contributed by atoms with van der Waals surface area (Å²) in [6.07, 6.45) is 6.45. The van der Waals surface area contributed by atoms with Gasteiger partial charge in [-0.05, 0) is 69.4 Å². The first-order valence-electron chi connectivity index (χ1n) is 10.6. The van der Waals surface area contributed by atoms with Gasteiger partial charge >= 0.3 is 0 Å². The fourth-order valence-electron chi connectivity index (χ4n) is 5.15. The fraction of sp³-hybridized carbons (Fsp3) is 0.391. The molecule has 1 aromatic carbocycles. The Morgan fingerprint density at radius 3 is 2.63 bits per heavy atom. The number of aryl methyl sites for hydroxylation is 2. The van der Waals surface area contributed by atoms with Gasteiger partial charge in [-0.3, -0.25) is 0 Å². The van der Waals surface area contributed by atoms with E-state index in [1.54, 1.807) is 10.6 Å². The Hall–Kier alpha value is -2.93. The van der Waals surface area contributed by atoms with Crippen LogP contribution in [0.3, 0.4) is 0 Å². The van der Waals surface area contributed by atoms with Gasteiger partial charge in [0, 0.05) is 29.0 Å². The Labute approximate surface area is 173 Å². The van der Waals surface area contributed by atoms with Crippen LogP contribution in [0.1, 0.15) is 48.6 Å². The SMILES string of the molecule is Cc1cn2nc(-c3cc(F)c4cc(C5C[C@H]6CC[C@@H](C5)N6)nnc4c3)cc(C)c2n1. The number of fused-ring (bicyclic) bond motifs is 4. The molecule has 2 aliphatic heterocycles. The largest absolute Gasteiger partial charge is 0.311 e. The van der Waals surface area contributed by atoms with Crippen molar-refractivity contribution in [1.82, 2.24) is 30.1 Å². The molecule has 0 spiro atoms. The van der Waals surface area contributed by atoms with E-state index in [2.05, 4.69) is 25.6 Å². The number of halogens is 1. The van der Waals surface area contributed by atoms with Gasteiger partial charge in [-0.25, -0.2) is 13.9 Å². The molecule has 2 aliphatic rings. The van der Waals surface area contributed by atoms with Gasteiger partial charge in [-0.15, -0.1) is 0 Å². The molecule has 1 unspecified atom stereocenters. The van der Waals surface area contributed by atoms with Gasteiger partial charge in [0.1, 0.15) is 5.82 Å². The van der Waals surface area contributed by atoms with Crippen molar-refractivity contribution in [3.63, 3.8) is 0 Å². The molecular formula is C23H23FN6. The molecule has 2 saturated heterocycles. The Morgan fingerprint density at radius 2 is 1.83 bits per heavy atom. The molecule has 6 nitrogen and oxygen atoms in total. The molecule has 0 aliphatic carbocycles. The zero-order valence-corrected chi connectivity index (χ0v) is 17.1. The molecule has 0 saturated carbocycles. The maximum absolute atomic E-state index is 15.1. The highest BCUT2D eigenvalue weighted by Gasteiger charge is 2.35. The fourth-order valence-corrected chi connectivity index (χ4v) is 5.15. The third-order valence-corrected chi connectivity index (χ3v) is 6.59. The number of nitrogens with one attached hydrogen (secondary N) is 1. The summed E-state index contributed by atoms with van der Waals surface area (Å²) >= 11 is 0. The van der Waals surface area contributed by atoms with E-state index >= 15 is 4.39 Å². The zero-order chi connectivity index (χ0) is 20.4. The van der Waals surface area contributed by atoms with Gasteiger partial charge < -0.3 is 5.32 Å². The number of piperidine rings is 1. The lowest BCUT2D eigenvalue weighted by molar-refractivity contribution is 0.358. The number of imidazole rings is 1. The summed E-state index contributed by atoms with van der Waals surface area (Å²) in [5.74, 6) is 0.0767. The van der Waals surface area contributed by atoms with Crippen molar-refractivity contribution < 1.29 is 4.39 Å². The van der Waals surface area contributed by atoms with E-state index < -0.39 is 0 Å². The molecule has 2 fully saturated rings. The monoisotopic (exact) mass is 402 g/mol. The van der Waals surface area contributed by atoms with Crippen molar-refractivity contribution in [2.75, 3.05) is 0 Å². The van der Waals surface area contributed by atoms with Crippen LogP contribution in [0.4, 0.5) is 4.39 Å². The lowest BCUT2D eigenvalue weighted by Crippen LogP contribution is -2.37. The van der Waals surface area contributed by atoms with Crippen molar-refractivity contribution in [2.24, 2.45) is 0 Å². The van der Waals surface area contributed by atoms with Crippen LogP contribution >= 0.6 is 0 Å². The second-order valence-electron chi connectivity index (χ2n) is 8.83. The normalized spacial score (nSPS) is 23.5. The van der Waals surface area contributed by atoms with Crippen LogP contribution in [-0.4, -0.2) is 36.9 Å². The van der Waals surface area contributed by atoms with E-state index in [1.165, 1.54) is 12.8 Å². The number of rotatable bonds is 2. The van der Waals surface area contributed by atoms with Crippen molar-refractivity contribution in [3.8, 4) is 11.3 Å². The highest BCUT2D eigenvalue weighted by atomic mass is 19.1.